The average Bonchev–Trinajstić information content (AvgIpc) is 3.41. The predicted molar refractivity (Wildman–Crippen MR) is 142 cm³/mol. The molecule has 1 aliphatic heterocycles. The van der Waals surface area contributed by atoms with Gasteiger partial charge in [0.25, 0.3) is 5.91 Å². The van der Waals surface area contributed by atoms with Crippen LogP contribution in [-0.2, 0) is 0 Å². The zero-order valence-corrected chi connectivity index (χ0v) is 20.2. The number of H-pyrrole nitrogens is 1. The first-order chi connectivity index (χ1) is 17.7. The van der Waals surface area contributed by atoms with Crippen LogP contribution in [0.25, 0.3) is 33.4 Å². The second kappa shape index (κ2) is 9.38. The Balaban J connectivity index is 1.29. The lowest BCUT2D eigenvalue weighted by Crippen LogP contribution is -2.38. The van der Waals surface area contributed by atoms with E-state index in [1.807, 2.05) is 53.7 Å². The number of amides is 1. The fourth-order valence-corrected chi connectivity index (χ4v) is 5.14. The third-order valence-corrected chi connectivity index (χ3v) is 7.14. The van der Waals surface area contributed by atoms with E-state index in [0.717, 1.165) is 51.7 Å². The number of nitrogens with zero attached hydrogens (tertiary/aromatic N) is 4. The number of carbonyl (C=O) groups is 1. The van der Waals surface area contributed by atoms with Gasteiger partial charge in [0, 0.05) is 66.0 Å². The van der Waals surface area contributed by atoms with Crippen LogP contribution in [0.2, 0.25) is 0 Å². The average molecular weight is 474 g/mol. The van der Waals surface area contributed by atoms with Gasteiger partial charge in [-0.2, -0.15) is 0 Å². The fourth-order valence-electron chi connectivity index (χ4n) is 5.14. The van der Waals surface area contributed by atoms with Gasteiger partial charge in [0.1, 0.15) is 0 Å². The number of aromatic nitrogens is 4. The number of aromatic amines is 1. The highest BCUT2D eigenvalue weighted by molar-refractivity contribution is 5.98. The van der Waals surface area contributed by atoms with E-state index < -0.39 is 0 Å². The zero-order chi connectivity index (χ0) is 24.5. The van der Waals surface area contributed by atoms with Gasteiger partial charge in [0.05, 0.1) is 5.69 Å². The van der Waals surface area contributed by atoms with Crippen molar-refractivity contribution in [2.75, 3.05) is 13.1 Å². The molecular weight excluding hydrogens is 446 g/mol. The normalized spacial score (nSPS) is 14.3. The minimum absolute atomic E-state index is 0.0859. The molecule has 0 saturated carbocycles. The molecule has 36 heavy (non-hydrogen) atoms. The molecule has 0 unspecified atom stereocenters. The van der Waals surface area contributed by atoms with Crippen molar-refractivity contribution in [1.29, 1.82) is 0 Å². The molecule has 0 spiro atoms. The zero-order valence-electron chi connectivity index (χ0n) is 20.2. The first kappa shape index (κ1) is 22.2. The van der Waals surface area contributed by atoms with Gasteiger partial charge >= 0.3 is 0 Å². The van der Waals surface area contributed by atoms with Gasteiger partial charge < -0.3 is 9.88 Å². The van der Waals surface area contributed by atoms with Crippen LogP contribution in [0.5, 0.6) is 0 Å². The standard InChI is InChI=1S/C30H27N5O/c1-20-5-2-3-7-25(20)26-19-33-29(24-6-4-13-31-18-24)34-28(26)22-11-15-35(16-12-22)30(36)23-9-8-21-10-14-32-27(21)17-23/h2-10,13-14,17-19,22,32H,11-12,15-16H2,1H3. The molecule has 1 N–H and O–H groups in total. The molecule has 6 rings (SSSR count). The van der Waals surface area contributed by atoms with Crippen LogP contribution >= 0.6 is 0 Å². The summed E-state index contributed by atoms with van der Waals surface area (Å²) in [4.78, 5) is 32.5. The van der Waals surface area contributed by atoms with E-state index in [4.69, 9.17) is 9.97 Å². The summed E-state index contributed by atoms with van der Waals surface area (Å²) in [6, 6.07) is 20.2. The number of rotatable bonds is 4. The molecular formula is C30H27N5O. The number of pyridine rings is 1. The molecule has 1 saturated heterocycles. The molecule has 4 heterocycles. The van der Waals surface area contributed by atoms with Crippen LogP contribution in [0.15, 0.2) is 85.5 Å². The fraction of sp³-hybridized carbons (Fsp3) is 0.200. The van der Waals surface area contributed by atoms with E-state index in [2.05, 4.69) is 41.2 Å². The molecule has 178 valence electrons. The monoisotopic (exact) mass is 473 g/mol. The molecule has 1 amide bonds. The molecule has 1 fully saturated rings. The van der Waals surface area contributed by atoms with Crippen molar-refractivity contribution in [3.63, 3.8) is 0 Å². The minimum Gasteiger partial charge on any atom is -0.361 e. The van der Waals surface area contributed by atoms with Gasteiger partial charge in [-0.05, 0) is 66.6 Å². The molecule has 0 bridgehead atoms. The summed E-state index contributed by atoms with van der Waals surface area (Å²) in [6.07, 6.45) is 9.13. The maximum absolute atomic E-state index is 13.3. The smallest absolute Gasteiger partial charge is 0.253 e. The Morgan fingerprint density at radius 3 is 2.64 bits per heavy atom. The van der Waals surface area contributed by atoms with Crippen molar-refractivity contribution in [3.8, 4) is 22.5 Å². The first-order valence-electron chi connectivity index (χ1n) is 12.4. The lowest BCUT2D eigenvalue weighted by Gasteiger charge is -2.32. The summed E-state index contributed by atoms with van der Waals surface area (Å²) in [5.74, 6) is 1.02. The molecule has 6 nitrogen and oxygen atoms in total. The Morgan fingerprint density at radius 2 is 1.83 bits per heavy atom. The second-order valence-electron chi connectivity index (χ2n) is 9.40. The predicted octanol–water partition coefficient (Wildman–Crippen LogP) is 6.02. The van der Waals surface area contributed by atoms with Gasteiger partial charge in [-0.15, -0.1) is 0 Å². The van der Waals surface area contributed by atoms with E-state index in [1.54, 1.807) is 12.4 Å². The SMILES string of the molecule is Cc1ccccc1-c1cnc(-c2cccnc2)nc1C1CCN(C(=O)c2ccc3cc[nH]c3c2)CC1. The van der Waals surface area contributed by atoms with Crippen LogP contribution in [0, 0.1) is 6.92 Å². The third kappa shape index (κ3) is 4.15. The van der Waals surface area contributed by atoms with Crippen molar-refractivity contribution < 1.29 is 4.79 Å². The molecule has 3 aromatic heterocycles. The Kier molecular flexibility index (Phi) is 5.77. The Morgan fingerprint density at radius 1 is 0.972 bits per heavy atom. The van der Waals surface area contributed by atoms with Gasteiger partial charge in [-0.1, -0.05) is 30.3 Å². The van der Waals surface area contributed by atoms with Gasteiger partial charge in [0.15, 0.2) is 5.82 Å². The Hall–Kier alpha value is -4.32. The molecule has 0 aliphatic carbocycles. The van der Waals surface area contributed by atoms with E-state index >= 15 is 0 Å². The summed E-state index contributed by atoms with van der Waals surface area (Å²) in [5, 5.41) is 1.11. The van der Waals surface area contributed by atoms with Crippen LogP contribution in [0.3, 0.4) is 0 Å². The summed E-state index contributed by atoms with van der Waals surface area (Å²) in [6.45, 7) is 3.52. The van der Waals surface area contributed by atoms with Crippen LogP contribution in [-0.4, -0.2) is 43.8 Å². The first-order valence-corrected chi connectivity index (χ1v) is 12.4. The second-order valence-corrected chi connectivity index (χ2v) is 9.40. The van der Waals surface area contributed by atoms with Gasteiger partial charge in [-0.3, -0.25) is 9.78 Å². The van der Waals surface area contributed by atoms with Crippen molar-refractivity contribution in [3.05, 3.63) is 102 Å². The number of nitrogens with one attached hydrogen (secondary N) is 1. The van der Waals surface area contributed by atoms with Crippen molar-refractivity contribution >= 4 is 16.8 Å². The van der Waals surface area contributed by atoms with E-state index in [9.17, 15) is 4.79 Å². The van der Waals surface area contributed by atoms with Crippen LogP contribution in [0.4, 0.5) is 0 Å². The molecule has 0 radical (unpaired) electrons. The molecule has 5 aromatic rings. The number of benzene rings is 2. The van der Waals surface area contributed by atoms with Crippen LogP contribution in [0.1, 0.15) is 40.4 Å². The van der Waals surface area contributed by atoms with Crippen molar-refractivity contribution in [1.82, 2.24) is 24.8 Å². The highest BCUT2D eigenvalue weighted by Crippen LogP contribution is 2.36. The van der Waals surface area contributed by atoms with E-state index in [1.165, 1.54) is 5.56 Å². The quantitative estimate of drug-likeness (QED) is 0.347. The number of likely N-dealkylation sites (tertiary alicyclic amines) is 1. The third-order valence-electron chi connectivity index (χ3n) is 7.14. The van der Waals surface area contributed by atoms with E-state index in [0.29, 0.717) is 18.9 Å². The highest BCUT2D eigenvalue weighted by Gasteiger charge is 2.28. The number of aryl methyl sites for hydroxylation is 1. The lowest BCUT2D eigenvalue weighted by molar-refractivity contribution is 0.0712. The maximum Gasteiger partial charge on any atom is 0.253 e. The topological polar surface area (TPSA) is 74.8 Å². The van der Waals surface area contributed by atoms with E-state index in [-0.39, 0.29) is 11.8 Å². The molecule has 2 aromatic carbocycles. The Labute approximate surface area is 210 Å². The number of hydrogen-bond acceptors (Lipinski definition) is 4. The Bertz CT molecular complexity index is 1530. The summed E-state index contributed by atoms with van der Waals surface area (Å²) < 4.78 is 0. The highest BCUT2D eigenvalue weighted by atomic mass is 16.2. The van der Waals surface area contributed by atoms with Crippen molar-refractivity contribution in [2.24, 2.45) is 0 Å². The number of carbonyl (C=O) groups excluding carboxylic acids is 1. The number of piperidine rings is 1. The van der Waals surface area contributed by atoms with Crippen molar-refractivity contribution in [2.45, 2.75) is 25.7 Å². The number of hydrogen-bond donors (Lipinski definition) is 1. The summed E-state index contributed by atoms with van der Waals surface area (Å²) in [7, 11) is 0. The minimum atomic E-state index is 0.0859. The molecule has 6 heteroatoms. The number of fused-ring (bicyclic) bond motifs is 1. The summed E-state index contributed by atoms with van der Waals surface area (Å²) >= 11 is 0. The van der Waals surface area contributed by atoms with Gasteiger partial charge in [-0.25, -0.2) is 9.97 Å². The molecule has 0 atom stereocenters. The molecule has 1 aliphatic rings. The van der Waals surface area contributed by atoms with Crippen LogP contribution < -0.4 is 0 Å². The summed E-state index contributed by atoms with van der Waals surface area (Å²) in [5.41, 5.74) is 7.10. The lowest BCUT2D eigenvalue weighted by atomic mass is 9.87. The largest absolute Gasteiger partial charge is 0.361 e. The maximum atomic E-state index is 13.3. The van der Waals surface area contributed by atoms with Gasteiger partial charge in [0.2, 0.25) is 0 Å².